The maximum Gasteiger partial charge on any atom is 0.291 e. The Bertz CT molecular complexity index is 516. The third kappa shape index (κ3) is 6.40. The lowest BCUT2D eigenvalue weighted by molar-refractivity contribution is 0.275. The quantitative estimate of drug-likeness (QED) is 0.499. The molecule has 132 valence electrons. The number of methoxy groups -OCH3 is 1. The first kappa shape index (κ1) is 19.8. The summed E-state index contributed by atoms with van der Waals surface area (Å²) >= 11 is 0. The van der Waals surface area contributed by atoms with Crippen LogP contribution in [0.2, 0.25) is 0 Å². The first-order valence-corrected chi connectivity index (χ1v) is 9.18. The predicted octanol–water partition coefficient (Wildman–Crippen LogP) is 5.58. The fourth-order valence-corrected chi connectivity index (χ4v) is 2.99. The molecule has 0 bridgehead atoms. The van der Waals surface area contributed by atoms with E-state index in [4.69, 9.17) is 9.15 Å². The lowest BCUT2D eigenvalue weighted by Gasteiger charge is -2.13. The van der Waals surface area contributed by atoms with E-state index in [9.17, 15) is 4.79 Å². The molecule has 1 heterocycles. The summed E-state index contributed by atoms with van der Waals surface area (Å²) in [4.78, 5) is 12.2. The van der Waals surface area contributed by atoms with Gasteiger partial charge in [0.25, 0.3) is 5.95 Å². The molecule has 0 spiro atoms. The van der Waals surface area contributed by atoms with Crippen LogP contribution < -0.4 is 10.2 Å². The van der Waals surface area contributed by atoms with Gasteiger partial charge in [0.15, 0.2) is 5.43 Å². The summed E-state index contributed by atoms with van der Waals surface area (Å²) in [5, 5.41) is 0. The second-order valence-corrected chi connectivity index (χ2v) is 6.80. The molecule has 0 radical (unpaired) electrons. The van der Waals surface area contributed by atoms with Gasteiger partial charge >= 0.3 is 0 Å². The second-order valence-electron chi connectivity index (χ2n) is 6.80. The zero-order valence-corrected chi connectivity index (χ0v) is 15.7. The first-order chi connectivity index (χ1) is 11.0. The first-order valence-electron chi connectivity index (χ1n) is 9.18. The lowest BCUT2D eigenvalue weighted by atomic mass is 9.96. The van der Waals surface area contributed by atoms with Gasteiger partial charge < -0.3 is 9.15 Å². The Kier molecular flexibility index (Phi) is 9.05. The number of ether oxygens (including phenoxy) is 1. The molecule has 0 amide bonds. The highest BCUT2D eigenvalue weighted by molar-refractivity contribution is 5.29. The summed E-state index contributed by atoms with van der Waals surface area (Å²) < 4.78 is 10.9. The molecule has 0 fully saturated rings. The van der Waals surface area contributed by atoms with Crippen molar-refractivity contribution in [3.8, 4) is 5.95 Å². The highest BCUT2D eigenvalue weighted by atomic mass is 16.6. The maximum atomic E-state index is 12.2. The molecular weight excluding hydrogens is 288 g/mol. The Balaban J connectivity index is 2.43. The maximum absolute atomic E-state index is 12.2. The summed E-state index contributed by atoms with van der Waals surface area (Å²) in [5.41, 5.74) is 1.34. The van der Waals surface area contributed by atoms with Crippen molar-refractivity contribution in [2.45, 2.75) is 85.5 Å². The van der Waals surface area contributed by atoms with Gasteiger partial charge in [-0.25, -0.2) is 0 Å². The number of hydrogen-bond donors (Lipinski definition) is 0. The Morgan fingerprint density at radius 1 is 1.00 bits per heavy atom. The molecule has 0 aliphatic carbocycles. The zero-order valence-electron chi connectivity index (χ0n) is 15.7. The average molecular weight is 322 g/mol. The van der Waals surface area contributed by atoms with Crippen molar-refractivity contribution in [2.24, 2.45) is 5.92 Å². The minimum atomic E-state index is 0.0478. The molecule has 0 saturated carbocycles. The van der Waals surface area contributed by atoms with E-state index in [0.717, 1.165) is 24.2 Å². The van der Waals surface area contributed by atoms with E-state index in [0.29, 0.717) is 17.4 Å². The van der Waals surface area contributed by atoms with E-state index in [1.165, 1.54) is 44.9 Å². The van der Waals surface area contributed by atoms with Crippen LogP contribution in [-0.4, -0.2) is 7.11 Å². The second kappa shape index (κ2) is 10.5. The highest BCUT2D eigenvalue weighted by Crippen LogP contribution is 2.22. The minimum absolute atomic E-state index is 0.0478. The van der Waals surface area contributed by atoms with Gasteiger partial charge in [0.1, 0.15) is 5.76 Å². The Hall–Kier alpha value is -1.25. The van der Waals surface area contributed by atoms with Crippen LogP contribution in [0.3, 0.4) is 0 Å². The van der Waals surface area contributed by atoms with Crippen molar-refractivity contribution in [2.75, 3.05) is 7.11 Å². The van der Waals surface area contributed by atoms with Gasteiger partial charge in [-0.1, -0.05) is 58.8 Å². The normalized spacial score (nSPS) is 12.4. The molecule has 1 aromatic rings. The summed E-state index contributed by atoms with van der Waals surface area (Å²) in [7, 11) is 1.55. The molecule has 1 atom stereocenters. The van der Waals surface area contributed by atoms with Crippen molar-refractivity contribution in [1.29, 1.82) is 0 Å². The smallest absolute Gasteiger partial charge is 0.291 e. The van der Waals surface area contributed by atoms with Crippen LogP contribution in [0.1, 0.15) is 82.1 Å². The Labute approximate surface area is 141 Å². The van der Waals surface area contributed by atoms with E-state index in [-0.39, 0.29) is 5.43 Å². The largest absolute Gasteiger partial charge is 0.468 e. The standard InChI is InChI=1S/C20H34O3/c1-6-7-8-9-10-11-12-15(2)13-14-18-16(3)19(21)17(4)20(22-5)23-18/h15H,6-14H2,1-5H3. The van der Waals surface area contributed by atoms with Crippen LogP contribution in [0, 0.1) is 19.8 Å². The van der Waals surface area contributed by atoms with E-state index in [1.807, 2.05) is 6.92 Å². The molecule has 23 heavy (non-hydrogen) atoms. The summed E-state index contributed by atoms with van der Waals surface area (Å²) in [5.74, 6) is 1.81. The van der Waals surface area contributed by atoms with Crippen LogP contribution in [0.15, 0.2) is 9.21 Å². The predicted molar refractivity (Wildman–Crippen MR) is 96.5 cm³/mol. The van der Waals surface area contributed by atoms with Gasteiger partial charge in [0.2, 0.25) is 0 Å². The Morgan fingerprint density at radius 2 is 1.65 bits per heavy atom. The molecular formula is C20H34O3. The molecule has 3 heteroatoms. The van der Waals surface area contributed by atoms with Gasteiger partial charge in [-0.15, -0.1) is 0 Å². The van der Waals surface area contributed by atoms with Crippen LogP contribution in [-0.2, 0) is 6.42 Å². The molecule has 0 N–H and O–H groups in total. The van der Waals surface area contributed by atoms with Crippen LogP contribution in [0.5, 0.6) is 5.95 Å². The molecule has 1 unspecified atom stereocenters. The van der Waals surface area contributed by atoms with Crippen LogP contribution >= 0.6 is 0 Å². The van der Waals surface area contributed by atoms with E-state index in [2.05, 4.69) is 13.8 Å². The van der Waals surface area contributed by atoms with Gasteiger partial charge in [-0.3, -0.25) is 4.79 Å². The third-order valence-electron chi connectivity index (χ3n) is 4.72. The summed E-state index contributed by atoms with van der Waals surface area (Å²) in [6.45, 7) is 8.15. The summed E-state index contributed by atoms with van der Waals surface area (Å²) in [6.07, 6.45) is 11.2. The Morgan fingerprint density at radius 3 is 2.30 bits per heavy atom. The van der Waals surface area contributed by atoms with E-state index >= 15 is 0 Å². The molecule has 3 nitrogen and oxygen atoms in total. The van der Waals surface area contributed by atoms with Crippen LogP contribution in [0.4, 0.5) is 0 Å². The number of hydrogen-bond acceptors (Lipinski definition) is 3. The fourth-order valence-electron chi connectivity index (χ4n) is 2.99. The fraction of sp³-hybridized carbons (Fsp3) is 0.750. The molecule has 0 saturated heterocycles. The van der Waals surface area contributed by atoms with E-state index < -0.39 is 0 Å². The SMILES string of the molecule is CCCCCCCCC(C)CCc1oc(OC)c(C)c(=O)c1C. The number of unbranched alkanes of at least 4 members (excludes halogenated alkanes) is 5. The highest BCUT2D eigenvalue weighted by Gasteiger charge is 2.14. The van der Waals surface area contributed by atoms with Gasteiger partial charge in [-0.05, 0) is 26.2 Å². The average Bonchev–Trinajstić information content (AvgIpc) is 2.55. The minimum Gasteiger partial charge on any atom is -0.468 e. The van der Waals surface area contributed by atoms with Crippen molar-refractivity contribution in [3.05, 3.63) is 27.1 Å². The van der Waals surface area contributed by atoms with Crippen molar-refractivity contribution in [1.82, 2.24) is 0 Å². The van der Waals surface area contributed by atoms with Crippen molar-refractivity contribution >= 4 is 0 Å². The van der Waals surface area contributed by atoms with Gasteiger partial charge in [-0.2, -0.15) is 0 Å². The third-order valence-corrected chi connectivity index (χ3v) is 4.72. The van der Waals surface area contributed by atoms with E-state index in [1.54, 1.807) is 14.0 Å². The monoisotopic (exact) mass is 322 g/mol. The molecule has 0 aliphatic heterocycles. The molecule has 0 aromatic carbocycles. The van der Waals surface area contributed by atoms with Crippen LogP contribution in [0.25, 0.3) is 0 Å². The van der Waals surface area contributed by atoms with Crippen molar-refractivity contribution in [3.63, 3.8) is 0 Å². The summed E-state index contributed by atoms with van der Waals surface area (Å²) in [6, 6.07) is 0. The van der Waals surface area contributed by atoms with Gasteiger partial charge in [0.05, 0.1) is 12.7 Å². The van der Waals surface area contributed by atoms with Crippen molar-refractivity contribution < 1.29 is 9.15 Å². The molecule has 0 aliphatic rings. The lowest BCUT2D eigenvalue weighted by Crippen LogP contribution is -2.13. The van der Waals surface area contributed by atoms with Gasteiger partial charge in [0, 0.05) is 12.0 Å². The number of rotatable bonds is 11. The molecule has 1 rings (SSSR count). The number of aryl methyl sites for hydroxylation is 1. The molecule has 1 aromatic heterocycles. The topological polar surface area (TPSA) is 39.4 Å². The zero-order chi connectivity index (χ0) is 17.2.